The second kappa shape index (κ2) is 6.07. The predicted molar refractivity (Wildman–Crippen MR) is 82.2 cm³/mol. The summed E-state index contributed by atoms with van der Waals surface area (Å²) < 4.78 is 22.7. The number of anilines is 1. The van der Waals surface area contributed by atoms with Gasteiger partial charge in [-0.05, 0) is 35.4 Å². The summed E-state index contributed by atoms with van der Waals surface area (Å²) in [6.07, 6.45) is 0.415. The molecule has 2 rings (SSSR count). The number of hydrogen-bond donors (Lipinski definition) is 2. The van der Waals surface area contributed by atoms with Crippen LogP contribution in [0.3, 0.4) is 0 Å². The van der Waals surface area contributed by atoms with Gasteiger partial charge in [0.05, 0.1) is 4.90 Å². The van der Waals surface area contributed by atoms with Gasteiger partial charge in [-0.15, -0.1) is 0 Å². The normalized spacial score (nSPS) is 11.1. The van der Waals surface area contributed by atoms with Crippen LogP contribution in [0.25, 0.3) is 11.1 Å². The number of sulfonamides is 1. The number of amides is 1. The van der Waals surface area contributed by atoms with E-state index in [1.54, 1.807) is 31.2 Å². The van der Waals surface area contributed by atoms with Gasteiger partial charge >= 0.3 is 0 Å². The Bertz CT molecular complexity index is 753. The Morgan fingerprint density at radius 1 is 1.10 bits per heavy atom. The molecule has 0 radical (unpaired) electrons. The van der Waals surface area contributed by atoms with Gasteiger partial charge in [0.25, 0.3) is 0 Å². The molecule has 0 spiro atoms. The summed E-state index contributed by atoms with van der Waals surface area (Å²) in [5.41, 5.74) is 2.29. The van der Waals surface area contributed by atoms with Crippen LogP contribution in [0.5, 0.6) is 0 Å². The van der Waals surface area contributed by atoms with E-state index in [-0.39, 0.29) is 10.8 Å². The number of carbonyl (C=O) groups is 1. The molecule has 0 aromatic heterocycles. The van der Waals surface area contributed by atoms with Crippen LogP contribution in [0.15, 0.2) is 53.4 Å². The summed E-state index contributed by atoms with van der Waals surface area (Å²) in [5, 5.41) is 7.87. The Kier molecular flexibility index (Phi) is 4.40. The van der Waals surface area contributed by atoms with E-state index in [0.717, 1.165) is 11.1 Å². The topological polar surface area (TPSA) is 89.3 Å². The standard InChI is InChI=1S/C15H16N2O3S/c1-2-15(18)17-13-8-6-11(7-9-13)12-4-3-5-14(10-12)21(16,19)20/h3-10H,2H2,1H3,(H,17,18)(H2,16,19,20). The Morgan fingerprint density at radius 2 is 1.76 bits per heavy atom. The highest BCUT2D eigenvalue weighted by Crippen LogP contribution is 2.23. The van der Waals surface area contributed by atoms with Crippen molar-refractivity contribution in [3.63, 3.8) is 0 Å². The van der Waals surface area contributed by atoms with E-state index in [1.165, 1.54) is 12.1 Å². The molecule has 1 amide bonds. The molecule has 0 unspecified atom stereocenters. The molecular formula is C15H16N2O3S. The van der Waals surface area contributed by atoms with Crippen LogP contribution >= 0.6 is 0 Å². The zero-order chi connectivity index (χ0) is 15.5. The van der Waals surface area contributed by atoms with Crippen LogP contribution in [0.4, 0.5) is 5.69 Å². The van der Waals surface area contributed by atoms with Crippen molar-refractivity contribution in [3.05, 3.63) is 48.5 Å². The molecule has 0 saturated heterocycles. The van der Waals surface area contributed by atoms with Crippen molar-refractivity contribution >= 4 is 21.6 Å². The molecule has 0 aliphatic carbocycles. The lowest BCUT2D eigenvalue weighted by Crippen LogP contribution is -2.11. The molecule has 110 valence electrons. The minimum atomic E-state index is -3.72. The SMILES string of the molecule is CCC(=O)Nc1ccc(-c2cccc(S(N)(=O)=O)c2)cc1. The summed E-state index contributed by atoms with van der Waals surface area (Å²) in [6.45, 7) is 1.78. The zero-order valence-electron chi connectivity index (χ0n) is 11.5. The van der Waals surface area contributed by atoms with Crippen LogP contribution in [-0.2, 0) is 14.8 Å². The van der Waals surface area contributed by atoms with Crippen molar-refractivity contribution in [1.29, 1.82) is 0 Å². The molecule has 0 saturated carbocycles. The number of nitrogens with one attached hydrogen (secondary N) is 1. The Hall–Kier alpha value is -2.18. The van der Waals surface area contributed by atoms with Crippen molar-refractivity contribution in [2.45, 2.75) is 18.2 Å². The second-order valence-electron chi connectivity index (χ2n) is 4.55. The quantitative estimate of drug-likeness (QED) is 0.908. The molecule has 0 fully saturated rings. The fraction of sp³-hybridized carbons (Fsp3) is 0.133. The average Bonchev–Trinajstić information content (AvgIpc) is 2.47. The molecule has 2 aromatic rings. The van der Waals surface area contributed by atoms with E-state index >= 15 is 0 Å². The third kappa shape index (κ3) is 3.90. The Balaban J connectivity index is 2.29. The van der Waals surface area contributed by atoms with E-state index < -0.39 is 10.0 Å². The van der Waals surface area contributed by atoms with Crippen molar-refractivity contribution in [1.82, 2.24) is 0 Å². The van der Waals surface area contributed by atoms with E-state index in [2.05, 4.69) is 5.32 Å². The van der Waals surface area contributed by atoms with Crippen molar-refractivity contribution < 1.29 is 13.2 Å². The van der Waals surface area contributed by atoms with Crippen LogP contribution in [0.2, 0.25) is 0 Å². The van der Waals surface area contributed by atoms with E-state index in [0.29, 0.717) is 12.1 Å². The van der Waals surface area contributed by atoms with Crippen molar-refractivity contribution in [2.24, 2.45) is 5.14 Å². The number of hydrogen-bond acceptors (Lipinski definition) is 3. The van der Waals surface area contributed by atoms with Gasteiger partial charge in [0.15, 0.2) is 0 Å². The number of rotatable bonds is 4. The number of carbonyl (C=O) groups excluding carboxylic acids is 1. The van der Waals surface area contributed by atoms with Gasteiger partial charge in [-0.3, -0.25) is 4.79 Å². The summed E-state index contributed by atoms with van der Waals surface area (Å²) >= 11 is 0. The average molecular weight is 304 g/mol. The van der Waals surface area contributed by atoms with Crippen molar-refractivity contribution in [2.75, 3.05) is 5.32 Å². The summed E-state index contributed by atoms with van der Waals surface area (Å²) in [5.74, 6) is -0.0565. The summed E-state index contributed by atoms with van der Waals surface area (Å²) in [6, 6.07) is 13.6. The lowest BCUT2D eigenvalue weighted by Gasteiger charge is -2.07. The van der Waals surface area contributed by atoms with Gasteiger partial charge in [-0.2, -0.15) is 0 Å². The smallest absolute Gasteiger partial charge is 0.238 e. The Labute approximate surface area is 123 Å². The highest BCUT2D eigenvalue weighted by Gasteiger charge is 2.09. The second-order valence-corrected chi connectivity index (χ2v) is 6.11. The fourth-order valence-electron chi connectivity index (χ4n) is 1.85. The zero-order valence-corrected chi connectivity index (χ0v) is 12.4. The van der Waals surface area contributed by atoms with Crippen LogP contribution < -0.4 is 10.5 Å². The predicted octanol–water partition coefficient (Wildman–Crippen LogP) is 2.35. The molecular weight excluding hydrogens is 288 g/mol. The molecule has 2 aromatic carbocycles. The monoisotopic (exact) mass is 304 g/mol. The number of primary sulfonamides is 1. The molecule has 6 heteroatoms. The lowest BCUT2D eigenvalue weighted by molar-refractivity contribution is -0.115. The van der Waals surface area contributed by atoms with Crippen molar-refractivity contribution in [3.8, 4) is 11.1 Å². The molecule has 0 aliphatic rings. The third-order valence-corrected chi connectivity index (χ3v) is 3.90. The van der Waals surface area contributed by atoms with Crippen LogP contribution in [0, 0.1) is 0 Å². The van der Waals surface area contributed by atoms with E-state index in [1.807, 2.05) is 12.1 Å². The molecule has 5 nitrogen and oxygen atoms in total. The van der Waals surface area contributed by atoms with E-state index in [4.69, 9.17) is 5.14 Å². The maximum absolute atomic E-state index is 11.4. The highest BCUT2D eigenvalue weighted by molar-refractivity contribution is 7.89. The number of benzene rings is 2. The summed E-state index contributed by atoms with van der Waals surface area (Å²) in [7, 11) is -3.72. The molecule has 0 heterocycles. The largest absolute Gasteiger partial charge is 0.326 e. The van der Waals surface area contributed by atoms with Gasteiger partial charge < -0.3 is 5.32 Å². The van der Waals surface area contributed by atoms with Gasteiger partial charge in [0, 0.05) is 12.1 Å². The van der Waals surface area contributed by atoms with Gasteiger partial charge in [0.1, 0.15) is 0 Å². The molecule has 3 N–H and O–H groups in total. The van der Waals surface area contributed by atoms with Gasteiger partial charge in [-0.1, -0.05) is 31.2 Å². The summed E-state index contributed by atoms with van der Waals surface area (Å²) in [4.78, 5) is 11.4. The fourth-order valence-corrected chi connectivity index (χ4v) is 2.41. The molecule has 0 bridgehead atoms. The first kappa shape index (κ1) is 15.2. The van der Waals surface area contributed by atoms with Gasteiger partial charge in [0.2, 0.25) is 15.9 Å². The van der Waals surface area contributed by atoms with Crippen LogP contribution in [-0.4, -0.2) is 14.3 Å². The first-order valence-electron chi connectivity index (χ1n) is 6.43. The first-order chi connectivity index (χ1) is 9.90. The maximum Gasteiger partial charge on any atom is 0.238 e. The minimum Gasteiger partial charge on any atom is -0.326 e. The first-order valence-corrected chi connectivity index (χ1v) is 7.98. The third-order valence-electron chi connectivity index (χ3n) is 2.99. The van der Waals surface area contributed by atoms with E-state index in [9.17, 15) is 13.2 Å². The Morgan fingerprint density at radius 3 is 2.33 bits per heavy atom. The highest BCUT2D eigenvalue weighted by atomic mass is 32.2. The minimum absolute atomic E-state index is 0.0565. The lowest BCUT2D eigenvalue weighted by atomic mass is 10.1. The molecule has 0 aliphatic heterocycles. The molecule has 0 atom stereocenters. The number of nitrogens with two attached hydrogens (primary N) is 1. The van der Waals surface area contributed by atoms with Crippen LogP contribution in [0.1, 0.15) is 13.3 Å². The molecule has 21 heavy (non-hydrogen) atoms. The maximum atomic E-state index is 11.4. The van der Waals surface area contributed by atoms with Gasteiger partial charge in [-0.25, -0.2) is 13.6 Å².